The summed E-state index contributed by atoms with van der Waals surface area (Å²) in [5.41, 5.74) is -1.78. The van der Waals surface area contributed by atoms with Crippen LogP contribution in [0.3, 0.4) is 0 Å². The Kier molecular flexibility index (Phi) is 11.7. The Morgan fingerprint density at radius 1 is 0.571 bits per heavy atom. The first kappa shape index (κ1) is 39.6. The molecule has 1 rings (SSSR count). The van der Waals surface area contributed by atoms with Gasteiger partial charge in [0.2, 0.25) is 0 Å². The van der Waals surface area contributed by atoms with Crippen molar-refractivity contribution in [3.63, 3.8) is 0 Å². The highest BCUT2D eigenvalue weighted by Crippen LogP contribution is 2.56. The van der Waals surface area contributed by atoms with Crippen molar-refractivity contribution in [1.82, 2.24) is 0 Å². The van der Waals surface area contributed by atoms with Crippen LogP contribution in [-0.4, -0.2) is 89.0 Å². The molecule has 0 atom stereocenters. The Morgan fingerprint density at radius 3 is 1.12 bits per heavy atom. The standard InChI is InChI=1S/C17H17F18O4PS2/c18-10(19,12(22,23)14(26,27)16(30,31)32)1-3-41-7-9(5-38-40(36,37)39-6-9)8-42-4-2-11(20,21)13(24,25)15(28,29)17(33,34)35/h1-8H2,(H,36,37). The van der Waals surface area contributed by atoms with Crippen molar-refractivity contribution in [2.45, 2.75) is 60.7 Å². The molecule has 0 aromatic heterocycles. The van der Waals surface area contributed by atoms with Gasteiger partial charge in [0.05, 0.1) is 13.2 Å². The smallest absolute Gasteiger partial charge is 0.302 e. The summed E-state index contributed by atoms with van der Waals surface area (Å²) in [7, 11) is -4.75. The molecule has 0 unspecified atom stereocenters. The number of hydrogen-bond donors (Lipinski definition) is 1. The third kappa shape index (κ3) is 8.03. The summed E-state index contributed by atoms with van der Waals surface area (Å²) in [6, 6.07) is 0. The first-order valence-electron chi connectivity index (χ1n) is 10.5. The van der Waals surface area contributed by atoms with E-state index in [0.29, 0.717) is 0 Å². The van der Waals surface area contributed by atoms with Crippen LogP contribution >= 0.6 is 31.3 Å². The van der Waals surface area contributed by atoms with Crippen LogP contribution in [0.15, 0.2) is 0 Å². The van der Waals surface area contributed by atoms with Crippen molar-refractivity contribution in [1.29, 1.82) is 0 Å². The fourth-order valence-electron chi connectivity index (χ4n) is 2.83. The summed E-state index contributed by atoms with van der Waals surface area (Å²) >= 11 is 0.235. The lowest BCUT2D eigenvalue weighted by atomic mass is 9.96. The first-order valence-corrected chi connectivity index (χ1v) is 14.3. The lowest BCUT2D eigenvalue weighted by molar-refractivity contribution is -0.396. The molecular formula is C17H17F18O4PS2. The van der Waals surface area contributed by atoms with Gasteiger partial charge in [0.25, 0.3) is 0 Å². The van der Waals surface area contributed by atoms with Gasteiger partial charge in [-0.15, -0.1) is 0 Å². The summed E-state index contributed by atoms with van der Waals surface area (Å²) in [4.78, 5) is 9.23. The molecule has 0 amide bonds. The highest BCUT2D eigenvalue weighted by Gasteiger charge is 2.82. The quantitative estimate of drug-likeness (QED) is 0.111. The summed E-state index contributed by atoms with van der Waals surface area (Å²) in [6.45, 7) is -1.86. The van der Waals surface area contributed by atoms with Crippen LogP contribution < -0.4 is 0 Å². The molecule has 42 heavy (non-hydrogen) atoms. The van der Waals surface area contributed by atoms with Gasteiger partial charge in [-0.25, -0.2) is 4.57 Å². The number of halogens is 18. The minimum atomic E-state index is -7.15. The van der Waals surface area contributed by atoms with Crippen LogP contribution in [0, 0.1) is 5.41 Å². The molecule has 252 valence electrons. The van der Waals surface area contributed by atoms with Crippen molar-refractivity contribution >= 4 is 31.3 Å². The molecule has 0 aromatic carbocycles. The second kappa shape index (κ2) is 12.4. The van der Waals surface area contributed by atoms with Crippen LogP contribution in [0.5, 0.6) is 0 Å². The first-order chi connectivity index (χ1) is 18.3. The minimum absolute atomic E-state index is 0.117. The molecule has 0 bridgehead atoms. The van der Waals surface area contributed by atoms with Crippen LogP contribution in [-0.2, 0) is 13.6 Å². The van der Waals surface area contributed by atoms with Crippen molar-refractivity contribution < 1.29 is 97.5 Å². The van der Waals surface area contributed by atoms with Gasteiger partial charge in [0.15, 0.2) is 0 Å². The summed E-state index contributed by atoms with van der Waals surface area (Å²) in [5.74, 6) is -44.1. The van der Waals surface area contributed by atoms with E-state index in [-0.39, 0.29) is 23.5 Å². The molecule has 4 nitrogen and oxygen atoms in total. The van der Waals surface area contributed by atoms with E-state index in [1.54, 1.807) is 0 Å². The molecule has 1 N–H and O–H groups in total. The van der Waals surface area contributed by atoms with Gasteiger partial charge in [-0.05, 0) is 11.5 Å². The zero-order chi connectivity index (χ0) is 33.5. The lowest BCUT2D eigenvalue weighted by Gasteiger charge is -2.38. The lowest BCUT2D eigenvalue weighted by Crippen LogP contribution is -2.61. The van der Waals surface area contributed by atoms with E-state index in [4.69, 9.17) is 0 Å². The fourth-order valence-corrected chi connectivity index (χ4v) is 6.40. The highest BCUT2D eigenvalue weighted by molar-refractivity contribution is 8.00. The molecule has 1 heterocycles. The number of thioether (sulfide) groups is 2. The predicted molar refractivity (Wildman–Crippen MR) is 110 cm³/mol. The maximum Gasteiger partial charge on any atom is 0.472 e. The molecule has 25 heteroatoms. The van der Waals surface area contributed by atoms with Crippen LogP contribution in [0.2, 0.25) is 0 Å². The molecule has 1 aliphatic rings. The third-order valence-electron chi connectivity index (χ3n) is 5.42. The van der Waals surface area contributed by atoms with Crippen molar-refractivity contribution in [2.75, 3.05) is 36.2 Å². The topological polar surface area (TPSA) is 55.8 Å². The Bertz CT molecular complexity index is 899. The molecule has 0 aromatic rings. The predicted octanol–water partition coefficient (Wildman–Crippen LogP) is 8.30. The van der Waals surface area contributed by atoms with Gasteiger partial charge in [-0.1, -0.05) is 0 Å². The molecular weight excluding hydrogens is 705 g/mol. The van der Waals surface area contributed by atoms with Crippen LogP contribution in [0.1, 0.15) is 12.8 Å². The Hall–Kier alpha value is -0.450. The molecule has 0 aliphatic carbocycles. The van der Waals surface area contributed by atoms with E-state index < -0.39 is 110 Å². The van der Waals surface area contributed by atoms with E-state index in [0.717, 1.165) is 0 Å². The second-order valence-corrected chi connectivity index (χ2v) is 12.5. The number of rotatable bonds is 14. The molecule has 1 fully saturated rings. The average molecular weight is 722 g/mol. The zero-order valence-corrected chi connectivity index (χ0v) is 22.4. The second-order valence-electron chi connectivity index (χ2n) is 8.82. The summed E-state index contributed by atoms with van der Waals surface area (Å²) in [5, 5.41) is 0. The number of phosphoric acid groups is 1. The van der Waals surface area contributed by atoms with Gasteiger partial charge in [0, 0.05) is 29.8 Å². The molecule has 0 spiro atoms. The van der Waals surface area contributed by atoms with E-state index in [2.05, 4.69) is 9.05 Å². The van der Waals surface area contributed by atoms with Crippen molar-refractivity contribution in [3.05, 3.63) is 0 Å². The van der Waals surface area contributed by atoms with Gasteiger partial charge in [0.1, 0.15) is 0 Å². The van der Waals surface area contributed by atoms with Crippen molar-refractivity contribution in [2.24, 2.45) is 5.41 Å². The van der Waals surface area contributed by atoms with E-state index in [9.17, 15) is 88.5 Å². The van der Waals surface area contributed by atoms with Gasteiger partial charge >= 0.3 is 55.7 Å². The fraction of sp³-hybridized carbons (Fsp3) is 1.00. The van der Waals surface area contributed by atoms with Crippen molar-refractivity contribution in [3.8, 4) is 0 Å². The number of phosphoric ester groups is 1. The van der Waals surface area contributed by atoms with Gasteiger partial charge in [-0.3, -0.25) is 9.05 Å². The maximum absolute atomic E-state index is 13.7. The van der Waals surface area contributed by atoms with Crippen LogP contribution in [0.25, 0.3) is 0 Å². The molecule has 1 aliphatic heterocycles. The summed E-state index contributed by atoms with van der Waals surface area (Å²) in [6.07, 6.45) is -18.7. The molecule has 0 radical (unpaired) electrons. The van der Waals surface area contributed by atoms with Gasteiger partial charge in [-0.2, -0.15) is 103 Å². The van der Waals surface area contributed by atoms with Gasteiger partial charge < -0.3 is 4.89 Å². The number of alkyl halides is 18. The Balaban J connectivity index is 2.90. The SMILES string of the molecule is O=P1(O)OCC(CSCCC(F)(F)C(F)(F)C(F)(F)C(F)(F)F)(CSCCC(F)(F)C(F)(F)C(F)(F)C(F)(F)F)CO1. The Morgan fingerprint density at radius 2 is 0.857 bits per heavy atom. The Labute approximate surface area is 231 Å². The molecule has 1 saturated heterocycles. The third-order valence-corrected chi connectivity index (χ3v) is 8.95. The number of hydrogen-bond acceptors (Lipinski definition) is 5. The zero-order valence-electron chi connectivity index (χ0n) is 19.9. The van der Waals surface area contributed by atoms with E-state index in [1.807, 2.05) is 0 Å². The largest absolute Gasteiger partial charge is 0.472 e. The summed E-state index contributed by atoms with van der Waals surface area (Å²) < 4.78 is 253. The highest BCUT2D eigenvalue weighted by atomic mass is 32.2. The van der Waals surface area contributed by atoms with E-state index >= 15 is 0 Å². The minimum Gasteiger partial charge on any atom is -0.302 e. The maximum atomic E-state index is 13.7. The van der Waals surface area contributed by atoms with E-state index in [1.165, 1.54) is 0 Å². The average Bonchev–Trinajstić information content (AvgIpc) is 2.79. The normalized spacial score (nSPS) is 19.7. The molecule has 0 saturated carbocycles. The van der Waals surface area contributed by atoms with Crippen LogP contribution in [0.4, 0.5) is 79.0 Å². The monoisotopic (exact) mass is 722 g/mol.